The van der Waals surface area contributed by atoms with Gasteiger partial charge in [-0.05, 0) is 63.7 Å². The molecule has 190 valence electrons. The van der Waals surface area contributed by atoms with Gasteiger partial charge < -0.3 is 15.0 Å². The quantitative estimate of drug-likeness (QED) is 0.291. The largest absolute Gasteiger partial charge is 0.483 e. The van der Waals surface area contributed by atoms with Crippen LogP contribution in [0.4, 0.5) is 0 Å². The van der Waals surface area contributed by atoms with E-state index in [4.69, 9.17) is 16.3 Å². The predicted molar refractivity (Wildman–Crippen MR) is 148 cm³/mol. The van der Waals surface area contributed by atoms with E-state index in [1.165, 1.54) is 5.56 Å². The highest BCUT2D eigenvalue weighted by Crippen LogP contribution is 2.29. The molecule has 0 aromatic heterocycles. The first-order valence-corrected chi connectivity index (χ1v) is 13.2. The lowest BCUT2D eigenvalue weighted by molar-refractivity contribution is -0.142. The molecular weight excluding hydrogens is 540 g/mol. The molecule has 0 bridgehead atoms. The van der Waals surface area contributed by atoms with Gasteiger partial charge in [-0.15, -0.1) is 0 Å². The van der Waals surface area contributed by atoms with Crippen molar-refractivity contribution in [2.75, 3.05) is 13.2 Å². The molecule has 0 spiro atoms. The molecule has 2 amide bonds. The molecule has 0 aliphatic heterocycles. The smallest absolute Gasteiger partial charge is 0.261 e. The van der Waals surface area contributed by atoms with E-state index in [-0.39, 0.29) is 25.0 Å². The van der Waals surface area contributed by atoms with Crippen LogP contribution in [0.15, 0.2) is 77.3 Å². The van der Waals surface area contributed by atoms with Crippen molar-refractivity contribution >= 4 is 39.3 Å². The zero-order chi connectivity index (χ0) is 26.1. The second kappa shape index (κ2) is 13.5. The summed E-state index contributed by atoms with van der Waals surface area (Å²) in [6.45, 7) is 6.53. The lowest BCUT2D eigenvalue weighted by Crippen LogP contribution is -2.51. The molecule has 1 atom stereocenters. The molecule has 5 nitrogen and oxygen atoms in total. The van der Waals surface area contributed by atoms with E-state index in [1.54, 1.807) is 11.0 Å². The van der Waals surface area contributed by atoms with Crippen LogP contribution in [0.2, 0.25) is 5.02 Å². The third-order valence-electron chi connectivity index (χ3n) is 5.89. The van der Waals surface area contributed by atoms with Crippen LogP contribution in [0.3, 0.4) is 0 Å². The van der Waals surface area contributed by atoms with Crippen molar-refractivity contribution in [1.82, 2.24) is 10.2 Å². The van der Waals surface area contributed by atoms with Gasteiger partial charge in [-0.2, -0.15) is 0 Å². The molecule has 7 heteroatoms. The van der Waals surface area contributed by atoms with Gasteiger partial charge in [0.25, 0.3) is 5.91 Å². The molecular formula is C29H32BrClN2O3. The number of ether oxygens (including phenoxy) is 1. The van der Waals surface area contributed by atoms with Crippen LogP contribution in [0.25, 0.3) is 0 Å². The summed E-state index contributed by atoms with van der Waals surface area (Å²) in [6.07, 6.45) is 0.371. The van der Waals surface area contributed by atoms with Crippen molar-refractivity contribution < 1.29 is 14.3 Å². The number of nitrogens with zero attached hydrogens (tertiary/aromatic N) is 1. The molecule has 3 rings (SSSR count). The summed E-state index contributed by atoms with van der Waals surface area (Å²) >= 11 is 9.99. The minimum Gasteiger partial charge on any atom is -0.483 e. The predicted octanol–water partition coefficient (Wildman–Crippen LogP) is 6.38. The van der Waals surface area contributed by atoms with Crippen LogP contribution >= 0.6 is 27.5 Å². The highest BCUT2D eigenvalue weighted by atomic mass is 79.9. The van der Waals surface area contributed by atoms with E-state index >= 15 is 0 Å². The third-order valence-corrected chi connectivity index (χ3v) is 6.88. The Hall–Kier alpha value is -2.83. The number of likely N-dealkylation sites (N-methyl/N-ethyl adjacent to an activating group) is 1. The van der Waals surface area contributed by atoms with Crippen LogP contribution in [-0.2, 0) is 22.6 Å². The molecule has 36 heavy (non-hydrogen) atoms. The zero-order valence-electron chi connectivity index (χ0n) is 20.8. The average Bonchev–Trinajstić information content (AvgIpc) is 2.87. The summed E-state index contributed by atoms with van der Waals surface area (Å²) in [7, 11) is 0. The van der Waals surface area contributed by atoms with Gasteiger partial charge in [0.2, 0.25) is 5.91 Å². The first kappa shape index (κ1) is 27.8. The zero-order valence-corrected chi connectivity index (χ0v) is 23.2. The maximum absolute atomic E-state index is 13.6. The summed E-state index contributed by atoms with van der Waals surface area (Å²) in [4.78, 5) is 28.4. The molecule has 3 aromatic carbocycles. The van der Waals surface area contributed by atoms with Gasteiger partial charge in [0, 0.05) is 24.5 Å². The molecule has 1 unspecified atom stereocenters. The van der Waals surface area contributed by atoms with Crippen LogP contribution in [0.1, 0.15) is 43.4 Å². The highest BCUT2D eigenvalue weighted by molar-refractivity contribution is 9.10. The van der Waals surface area contributed by atoms with E-state index in [0.717, 1.165) is 15.6 Å². The Labute approximate surface area is 226 Å². The average molecular weight is 572 g/mol. The molecule has 0 heterocycles. The fraction of sp³-hybridized carbons (Fsp3) is 0.310. The second-order valence-electron chi connectivity index (χ2n) is 8.85. The second-order valence-corrected chi connectivity index (χ2v) is 10.1. The van der Waals surface area contributed by atoms with Crippen molar-refractivity contribution in [3.05, 3.63) is 99.0 Å². The molecule has 0 radical (unpaired) electrons. The Balaban J connectivity index is 1.89. The van der Waals surface area contributed by atoms with Gasteiger partial charge in [0.1, 0.15) is 11.8 Å². The Morgan fingerprint density at radius 3 is 2.36 bits per heavy atom. The fourth-order valence-corrected chi connectivity index (χ4v) is 4.58. The van der Waals surface area contributed by atoms with Gasteiger partial charge >= 0.3 is 0 Å². The van der Waals surface area contributed by atoms with Crippen molar-refractivity contribution in [2.24, 2.45) is 0 Å². The molecule has 0 saturated heterocycles. The van der Waals surface area contributed by atoms with Gasteiger partial charge in [-0.1, -0.05) is 80.0 Å². The van der Waals surface area contributed by atoms with E-state index in [1.807, 2.05) is 73.7 Å². The third kappa shape index (κ3) is 7.58. The van der Waals surface area contributed by atoms with E-state index in [2.05, 4.69) is 35.1 Å². The lowest BCUT2D eigenvalue weighted by Gasteiger charge is -2.31. The molecule has 0 aliphatic rings. The molecule has 1 N–H and O–H groups in total. The summed E-state index contributed by atoms with van der Waals surface area (Å²) in [5.74, 6) is 0.424. The molecule has 0 fully saturated rings. The maximum atomic E-state index is 13.6. The van der Waals surface area contributed by atoms with Crippen LogP contribution in [-0.4, -0.2) is 35.9 Å². The number of amides is 2. The van der Waals surface area contributed by atoms with E-state index < -0.39 is 6.04 Å². The topological polar surface area (TPSA) is 58.6 Å². The number of carbonyl (C=O) groups is 2. The van der Waals surface area contributed by atoms with Gasteiger partial charge in [0.15, 0.2) is 6.61 Å². The minimum atomic E-state index is -0.730. The molecule has 0 aliphatic carbocycles. The monoisotopic (exact) mass is 570 g/mol. The maximum Gasteiger partial charge on any atom is 0.261 e. The van der Waals surface area contributed by atoms with E-state index in [9.17, 15) is 9.59 Å². The van der Waals surface area contributed by atoms with Gasteiger partial charge in [-0.3, -0.25) is 9.59 Å². The number of hydrogen-bond donors (Lipinski definition) is 1. The summed E-state index contributed by atoms with van der Waals surface area (Å²) < 4.78 is 6.70. The number of hydrogen-bond acceptors (Lipinski definition) is 3. The van der Waals surface area contributed by atoms with Crippen LogP contribution in [0, 0.1) is 0 Å². The standard InChI is InChI=1S/C29H32BrClN2O3/c1-4-32-29(35)26(16-21-10-6-5-7-11-21)33(18-23-12-8-9-13-25(23)31)28(34)19-36-27-15-14-22(20(2)3)17-24(27)30/h5-15,17,20,26H,4,16,18-19H2,1-3H3,(H,32,35). The Morgan fingerprint density at radius 2 is 1.72 bits per heavy atom. The summed E-state index contributed by atoms with van der Waals surface area (Å²) in [5, 5.41) is 3.43. The number of carbonyl (C=O) groups excluding carboxylic acids is 2. The number of halogens is 2. The van der Waals surface area contributed by atoms with Crippen LogP contribution < -0.4 is 10.1 Å². The Kier molecular flexibility index (Phi) is 10.4. The van der Waals surface area contributed by atoms with Gasteiger partial charge in [0.05, 0.1) is 4.47 Å². The SMILES string of the molecule is CCNC(=O)C(Cc1ccccc1)N(Cc1ccccc1Cl)C(=O)COc1ccc(C(C)C)cc1Br. The normalized spacial score (nSPS) is 11.7. The van der Waals surface area contributed by atoms with Gasteiger partial charge in [-0.25, -0.2) is 0 Å². The Morgan fingerprint density at radius 1 is 1.03 bits per heavy atom. The molecule has 0 saturated carbocycles. The lowest BCUT2D eigenvalue weighted by atomic mass is 10.0. The molecule has 3 aromatic rings. The first-order chi connectivity index (χ1) is 17.3. The first-order valence-electron chi connectivity index (χ1n) is 12.1. The summed E-state index contributed by atoms with van der Waals surface area (Å²) in [6, 6.07) is 22.1. The fourth-order valence-electron chi connectivity index (χ4n) is 3.87. The van der Waals surface area contributed by atoms with Crippen molar-refractivity contribution in [3.8, 4) is 5.75 Å². The highest BCUT2D eigenvalue weighted by Gasteiger charge is 2.31. The van der Waals surface area contributed by atoms with Crippen LogP contribution in [0.5, 0.6) is 5.75 Å². The van der Waals surface area contributed by atoms with Crippen molar-refractivity contribution in [1.29, 1.82) is 0 Å². The minimum absolute atomic E-state index is 0.184. The van der Waals surface area contributed by atoms with Crippen molar-refractivity contribution in [3.63, 3.8) is 0 Å². The Bertz CT molecular complexity index is 1170. The summed E-state index contributed by atoms with van der Waals surface area (Å²) in [5.41, 5.74) is 2.89. The van der Waals surface area contributed by atoms with Crippen molar-refractivity contribution in [2.45, 2.75) is 45.7 Å². The van der Waals surface area contributed by atoms with E-state index in [0.29, 0.717) is 29.7 Å². The number of rotatable bonds is 11. The number of nitrogens with one attached hydrogen (secondary N) is 1. The number of benzene rings is 3.